The van der Waals surface area contributed by atoms with E-state index in [4.69, 9.17) is 5.73 Å². The summed E-state index contributed by atoms with van der Waals surface area (Å²) < 4.78 is 0. The molecular weight excluding hydrogens is 248 g/mol. The monoisotopic (exact) mass is 268 g/mol. The van der Waals surface area contributed by atoms with Gasteiger partial charge in [0.1, 0.15) is 5.54 Å². The number of nitrogens with two attached hydrogens (primary N) is 1. The van der Waals surface area contributed by atoms with Gasteiger partial charge in [-0.3, -0.25) is 10.1 Å². The van der Waals surface area contributed by atoms with Gasteiger partial charge in [0.15, 0.2) is 0 Å². The molecule has 0 saturated heterocycles. The van der Waals surface area contributed by atoms with Gasteiger partial charge in [0.05, 0.1) is 0 Å². The van der Waals surface area contributed by atoms with Crippen molar-refractivity contribution in [2.24, 2.45) is 5.73 Å². The molecule has 3 nitrogen and oxygen atoms in total. The minimum Gasteiger partial charge on any atom is -0.368 e. The van der Waals surface area contributed by atoms with Crippen LogP contribution in [0.2, 0.25) is 0 Å². The smallest absolute Gasteiger partial charge is 0.242 e. The Labute approximate surface area is 119 Å². The first-order chi connectivity index (χ1) is 9.69. The van der Waals surface area contributed by atoms with E-state index in [-0.39, 0.29) is 5.91 Å². The summed E-state index contributed by atoms with van der Waals surface area (Å²) in [6, 6.07) is 19.6. The zero-order valence-corrected chi connectivity index (χ0v) is 11.7. The van der Waals surface area contributed by atoms with E-state index in [9.17, 15) is 4.79 Å². The van der Waals surface area contributed by atoms with Crippen molar-refractivity contribution in [3.05, 3.63) is 71.8 Å². The van der Waals surface area contributed by atoms with Crippen LogP contribution < -0.4 is 11.1 Å². The second kappa shape index (κ2) is 6.35. The molecule has 0 radical (unpaired) electrons. The Bertz CT molecular complexity index is 554. The lowest BCUT2D eigenvalue weighted by Gasteiger charge is -2.31. The third-order valence-corrected chi connectivity index (χ3v) is 3.65. The number of carbonyl (C=O) groups excluding carboxylic acids is 1. The highest BCUT2D eigenvalue weighted by Gasteiger charge is 2.35. The van der Waals surface area contributed by atoms with Crippen LogP contribution in [-0.2, 0) is 16.9 Å². The maximum Gasteiger partial charge on any atom is 0.242 e. The summed E-state index contributed by atoms with van der Waals surface area (Å²) in [5, 5.41) is 3.34. The molecule has 1 amide bonds. The van der Waals surface area contributed by atoms with Gasteiger partial charge in [-0.2, -0.15) is 0 Å². The Balaban J connectivity index is 2.26. The molecule has 1 atom stereocenters. The number of nitrogens with one attached hydrogen (secondary N) is 1. The lowest BCUT2D eigenvalue weighted by Crippen LogP contribution is -2.52. The third-order valence-electron chi connectivity index (χ3n) is 3.65. The van der Waals surface area contributed by atoms with E-state index in [0.29, 0.717) is 13.0 Å². The zero-order valence-electron chi connectivity index (χ0n) is 11.7. The lowest BCUT2D eigenvalue weighted by molar-refractivity contribution is -0.125. The fraction of sp³-hybridized carbons (Fsp3) is 0.235. The van der Waals surface area contributed by atoms with Gasteiger partial charge in [0.25, 0.3) is 0 Å². The average molecular weight is 268 g/mol. The molecule has 1 unspecified atom stereocenters. The molecule has 0 bridgehead atoms. The first-order valence-corrected chi connectivity index (χ1v) is 6.83. The standard InChI is InChI=1S/C17H20N2O/c1-2-17(16(18)20,15-11-7-4-8-12-15)19-13-14-9-5-3-6-10-14/h3-12,19H,2,13H2,1H3,(H2,18,20). The Morgan fingerprint density at radius 2 is 1.60 bits per heavy atom. The molecule has 0 aliphatic heterocycles. The quantitative estimate of drug-likeness (QED) is 0.846. The molecular formula is C17H20N2O. The second-order valence-corrected chi connectivity index (χ2v) is 4.83. The van der Waals surface area contributed by atoms with Gasteiger partial charge in [0.2, 0.25) is 5.91 Å². The summed E-state index contributed by atoms with van der Waals surface area (Å²) in [6.07, 6.45) is 0.610. The van der Waals surface area contributed by atoms with Gasteiger partial charge in [-0.1, -0.05) is 67.6 Å². The second-order valence-electron chi connectivity index (χ2n) is 4.83. The molecule has 0 aliphatic carbocycles. The van der Waals surface area contributed by atoms with Crippen molar-refractivity contribution in [1.82, 2.24) is 5.32 Å². The van der Waals surface area contributed by atoms with Crippen molar-refractivity contribution in [1.29, 1.82) is 0 Å². The molecule has 0 aliphatic rings. The van der Waals surface area contributed by atoms with Crippen LogP contribution in [0.4, 0.5) is 0 Å². The molecule has 3 heteroatoms. The molecule has 2 aromatic rings. The van der Waals surface area contributed by atoms with Gasteiger partial charge in [0, 0.05) is 6.54 Å². The van der Waals surface area contributed by atoms with Crippen LogP contribution in [0.1, 0.15) is 24.5 Å². The molecule has 0 aromatic heterocycles. The van der Waals surface area contributed by atoms with E-state index in [1.54, 1.807) is 0 Å². The summed E-state index contributed by atoms with van der Waals surface area (Å²) in [5.41, 5.74) is 6.89. The minimum absolute atomic E-state index is 0.345. The molecule has 20 heavy (non-hydrogen) atoms. The zero-order chi connectivity index (χ0) is 14.4. The van der Waals surface area contributed by atoms with Crippen molar-refractivity contribution < 1.29 is 4.79 Å². The molecule has 104 valence electrons. The maximum absolute atomic E-state index is 12.0. The minimum atomic E-state index is -0.822. The average Bonchev–Trinajstić information content (AvgIpc) is 2.50. The van der Waals surface area contributed by atoms with Crippen LogP contribution in [0.5, 0.6) is 0 Å². The SMILES string of the molecule is CCC(NCc1ccccc1)(C(N)=O)c1ccccc1. The van der Waals surface area contributed by atoms with Gasteiger partial charge in [-0.15, -0.1) is 0 Å². The topological polar surface area (TPSA) is 55.1 Å². The molecule has 0 spiro atoms. The van der Waals surface area contributed by atoms with Crippen LogP contribution in [0.3, 0.4) is 0 Å². The number of amides is 1. The Morgan fingerprint density at radius 3 is 2.10 bits per heavy atom. The summed E-state index contributed by atoms with van der Waals surface area (Å²) in [6.45, 7) is 2.57. The van der Waals surface area contributed by atoms with Gasteiger partial charge < -0.3 is 5.73 Å². The number of carbonyl (C=O) groups is 1. The van der Waals surface area contributed by atoms with Crippen LogP contribution >= 0.6 is 0 Å². The van der Waals surface area contributed by atoms with Crippen molar-refractivity contribution >= 4 is 5.91 Å². The number of hydrogen-bond donors (Lipinski definition) is 2. The van der Waals surface area contributed by atoms with Crippen LogP contribution in [0.25, 0.3) is 0 Å². The van der Waals surface area contributed by atoms with Crippen LogP contribution in [-0.4, -0.2) is 5.91 Å². The predicted molar refractivity (Wildman–Crippen MR) is 80.9 cm³/mol. The van der Waals surface area contributed by atoms with Crippen LogP contribution in [0.15, 0.2) is 60.7 Å². The molecule has 0 saturated carbocycles. The largest absolute Gasteiger partial charge is 0.368 e. The molecule has 2 aromatic carbocycles. The van der Waals surface area contributed by atoms with E-state index in [0.717, 1.165) is 11.1 Å². The fourth-order valence-corrected chi connectivity index (χ4v) is 2.41. The van der Waals surface area contributed by atoms with Gasteiger partial charge >= 0.3 is 0 Å². The first-order valence-electron chi connectivity index (χ1n) is 6.83. The normalized spacial score (nSPS) is 13.7. The molecule has 0 heterocycles. The highest BCUT2D eigenvalue weighted by atomic mass is 16.1. The van der Waals surface area contributed by atoms with Crippen LogP contribution in [0, 0.1) is 0 Å². The van der Waals surface area contributed by atoms with Gasteiger partial charge in [-0.05, 0) is 17.5 Å². The highest BCUT2D eigenvalue weighted by Crippen LogP contribution is 2.25. The van der Waals surface area contributed by atoms with Crippen molar-refractivity contribution in [2.75, 3.05) is 0 Å². The van der Waals surface area contributed by atoms with E-state index >= 15 is 0 Å². The summed E-state index contributed by atoms with van der Waals surface area (Å²) >= 11 is 0. The van der Waals surface area contributed by atoms with Crippen molar-refractivity contribution in [3.63, 3.8) is 0 Å². The maximum atomic E-state index is 12.0. The van der Waals surface area contributed by atoms with E-state index in [1.165, 1.54) is 0 Å². The Hall–Kier alpha value is -2.13. The molecule has 2 rings (SSSR count). The van der Waals surface area contributed by atoms with Crippen molar-refractivity contribution in [2.45, 2.75) is 25.4 Å². The molecule has 3 N–H and O–H groups in total. The lowest BCUT2D eigenvalue weighted by atomic mass is 9.86. The van der Waals surface area contributed by atoms with E-state index in [1.807, 2.05) is 67.6 Å². The first kappa shape index (κ1) is 14.3. The number of benzene rings is 2. The molecule has 0 fully saturated rings. The van der Waals surface area contributed by atoms with Crippen molar-refractivity contribution in [3.8, 4) is 0 Å². The summed E-state index contributed by atoms with van der Waals surface area (Å²) in [5.74, 6) is -0.345. The third kappa shape index (κ3) is 2.89. The number of rotatable bonds is 6. The number of hydrogen-bond acceptors (Lipinski definition) is 2. The number of primary amides is 1. The Morgan fingerprint density at radius 1 is 1.05 bits per heavy atom. The van der Waals surface area contributed by atoms with E-state index in [2.05, 4.69) is 5.32 Å². The Kier molecular flexibility index (Phi) is 4.53. The highest BCUT2D eigenvalue weighted by molar-refractivity contribution is 5.86. The van der Waals surface area contributed by atoms with E-state index < -0.39 is 5.54 Å². The predicted octanol–water partition coefficient (Wildman–Crippen LogP) is 2.57. The van der Waals surface area contributed by atoms with Gasteiger partial charge in [-0.25, -0.2) is 0 Å². The fourth-order valence-electron chi connectivity index (χ4n) is 2.41. The summed E-state index contributed by atoms with van der Waals surface area (Å²) in [7, 11) is 0. The summed E-state index contributed by atoms with van der Waals surface area (Å²) in [4.78, 5) is 12.0.